The molecule has 0 aliphatic heterocycles. The number of carbonyl (C=O) groups excluding carboxylic acids is 1. The van der Waals surface area contributed by atoms with E-state index in [0.717, 1.165) is 0 Å². The molecule has 3 atom stereocenters. The Morgan fingerprint density at radius 2 is 1.45 bits per heavy atom. The third kappa shape index (κ3) is 6.88. The lowest BCUT2D eigenvalue weighted by Crippen LogP contribution is -2.58. The fraction of sp³-hybridized carbons (Fsp3) is 0.737. The summed E-state index contributed by atoms with van der Waals surface area (Å²) in [5.41, 5.74) is -7.02. The van der Waals surface area contributed by atoms with Gasteiger partial charge >= 0.3 is 24.5 Å². The van der Waals surface area contributed by atoms with Crippen molar-refractivity contribution in [2.24, 2.45) is 17.8 Å². The number of halogens is 9. The first-order valence-corrected chi connectivity index (χ1v) is 9.12. The Labute approximate surface area is 172 Å². The van der Waals surface area contributed by atoms with Gasteiger partial charge in [0.2, 0.25) is 0 Å². The summed E-state index contributed by atoms with van der Waals surface area (Å²) in [4.78, 5) is 10.8. The number of aliphatic hydroxyl groups is 1. The lowest BCUT2D eigenvalue weighted by Gasteiger charge is -2.35. The number of carbonyl (C=O) groups is 1. The van der Waals surface area contributed by atoms with E-state index in [0.29, 0.717) is 6.42 Å². The molecule has 31 heavy (non-hydrogen) atoms. The van der Waals surface area contributed by atoms with Crippen LogP contribution in [0.3, 0.4) is 0 Å². The van der Waals surface area contributed by atoms with Gasteiger partial charge in [0, 0.05) is 0 Å². The molecule has 1 saturated carbocycles. The molecule has 2 rings (SSSR count). The predicted octanol–water partition coefficient (Wildman–Crippen LogP) is 5.89. The van der Waals surface area contributed by atoms with Crippen molar-refractivity contribution in [2.45, 2.75) is 69.8 Å². The largest absolute Gasteiger partial charge is 0.456 e. The summed E-state index contributed by atoms with van der Waals surface area (Å²) in [6.45, 7) is 7.05. The maximum absolute atomic E-state index is 12.5. The summed E-state index contributed by atoms with van der Waals surface area (Å²) in [6.07, 6.45) is -13.1. The van der Waals surface area contributed by atoms with Crippen LogP contribution in [0, 0.1) is 17.8 Å². The van der Waals surface area contributed by atoms with Crippen LogP contribution in [-0.4, -0.2) is 40.8 Å². The van der Waals surface area contributed by atoms with Crippen molar-refractivity contribution in [3.05, 3.63) is 24.3 Å². The number of hydrogen-bond acceptors (Lipinski definition) is 3. The predicted molar refractivity (Wildman–Crippen MR) is 91.6 cm³/mol. The van der Waals surface area contributed by atoms with Crippen molar-refractivity contribution in [3.63, 3.8) is 0 Å². The molecule has 1 N–H and O–H groups in total. The second-order valence-corrected chi connectivity index (χ2v) is 8.58. The first-order valence-electron chi connectivity index (χ1n) is 9.12. The Balaban J connectivity index is 0.000000330. The second-order valence-electron chi connectivity index (χ2n) is 8.58. The highest BCUT2D eigenvalue weighted by molar-refractivity contribution is 5.89. The van der Waals surface area contributed by atoms with Gasteiger partial charge in [-0.15, -0.1) is 0 Å². The van der Waals surface area contributed by atoms with Gasteiger partial charge in [0.1, 0.15) is 11.2 Å². The number of hydrogen-bond donors (Lipinski definition) is 1. The number of fused-ring (bicyclic) bond motifs is 2. The van der Waals surface area contributed by atoms with Crippen LogP contribution in [0.2, 0.25) is 0 Å². The molecule has 3 nitrogen and oxygen atoms in total. The highest BCUT2D eigenvalue weighted by Crippen LogP contribution is 2.53. The minimum atomic E-state index is -5.70. The fourth-order valence-electron chi connectivity index (χ4n) is 3.36. The third-order valence-corrected chi connectivity index (χ3v) is 4.90. The Bertz CT molecular complexity index is 682. The first-order chi connectivity index (χ1) is 13.6. The molecule has 180 valence electrons. The van der Waals surface area contributed by atoms with E-state index in [2.05, 4.69) is 11.3 Å². The highest BCUT2D eigenvalue weighted by atomic mass is 19.4. The van der Waals surface area contributed by atoms with Crippen LogP contribution < -0.4 is 0 Å². The zero-order valence-corrected chi connectivity index (χ0v) is 16.9. The van der Waals surface area contributed by atoms with Crippen molar-refractivity contribution >= 4 is 5.97 Å². The van der Waals surface area contributed by atoms with Crippen LogP contribution in [0.25, 0.3) is 0 Å². The minimum Gasteiger partial charge on any atom is -0.456 e. The number of alkyl halides is 9. The molecule has 0 amide bonds. The molecule has 0 aromatic carbocycles. The Morgan fingerprint density at radius 1 is 0.968 bits per heavy atom. The van der Waals surface area contributed by atoms with E-state index >= 15 is 0 Å². The molecule has 1 fully saturated rings. The standard InChI is InChI=1S/C11H12F6O.C8H11F3O2/c12-10(13,14)9(18,11(15,16)17)5-8-4-6-1-2-7(8)3-6;1-5(8(9,10)11)6(12)13-7(2,3)4/h1-2,6-8,18H,3-5H2;1H2,2-4H3. The molecular formula is C19H23F9O3. The molecule has 0 saturated heterocycles. The van der Waals surface area contributed by atoms with Crippen molar-refractivity contribution in [1.29, 1.82) is 0 Å². The summed E-state index contributed by atoms with van der Waals surface area (Å²) in [5.74, 6) is -2.40. The summed E-state index contributed by atoms with van der Waals surface area (Å²) < 4.78 is 115. The van der Waals surface area contributed by atoms with Gasteiger partial charge in [-0.1, -0.05) is 18.7 Å². The topological polar surface area (TPSA) is 46.5 Å². The summed E-state index contributed by atoms with van der Waals surface area (Å²) in [6, 6.07) is 0. The SMILES string of the molecule is C=C(C(=O)OC(C)(C)C)C(F)(F)F.OC(CC1CC2C=CC1C2)(C(F)(F)F)C(F)(F)F. The van der Waals surface area contributed by atoms with E-state index in [4.69, 9.17) is 5.11 Å². The van der Waals surface area contributed by atoms with Gasteiger partial charge in [0.15, 0.2) is 0 Å². The molecule has 0 heterocycles. The maximum atomic E-state index is 12.5. The quantitative estimate of drug-likeness (QED) is 0.242. The molecule has 2 bridgehead atoms. The second kappa shape index (κ2) is 8.67. The van der Waals surface area contributed by atoms with Gasteiger partial charge in [-0.25, -0.2) is 4.79 Å². The van der Waals surface area contributed by atoms with Crippen LogP contribution in [0.1, 0.15) is 40.0 Å². The zero-order chi connectivity index (χ0) is 24.6. The summed E-state index contributed by atoms with van der Waals surface area (Å²) in [7, 11) is 0. The van der Waals surface area contributed by atoms with Gasteiger partial charge in [-0.05, 0) is 57.8 Å². The molecule has 0 spiro atoms. The smallest absolute Gasteiger partial charge is 0.426 e. The van der Waals surface area contributed by atoms with Gasteiger partial charge in [-0.3, -0.25) is 0 Å². The summed E-state index contributed by atoms with van der Waals surface area (Å²) >= 11 is 0. The normalized spacial score (nSPS) is 24.0. The maximum Gasteiger partial charge on any atom is 0.426 e. The van der Waals surface area contributed by atoms with E-state index in [9.17, 15) is 44.3 Å². The van der Waals surface area contributed by atoms with E-state index in [1.54, 1.807) is 6.08 Å². The molecule has 12 heteroatoms. The van der Waals surface area contributed by atoms with Crippen LogP contribution >= 0.6 is 0 Å². The Kier molecular flexibility index (Phi) is 7.64. The molecular weight excluding hydrogens is 447 g/mol. The molecule has 2 aliphatic carbocycles. The molecule has 0 aromatic heterocycles. The van der Waals surface area contributed by atoms with Crippen molar-refractivity contribution in [2.75, 3.05) is 0 Å². The van der Waals surface area contributed by atoms with Gasteiger partial charge in [0.25, 0.3) is 5.60 Å². The van der Waals surface area contributed by atoms with E-state index in [-0.39, 0.29) is 18.3 Å². The Hall–Kier alpha value is -1.72. The molecule has 2 aliphatic rings. The van der Waals surface area contributed by atoms with Crippen LogP contribution in [0.4, 0.5) is 39.5 Å². The molecule has 0 radical (unpaired) electrons. The van der Waals surface area contributed by atoms with E-state index in [1.807, 2.05) is 6.08 Å². The lowest BCUT2D eigenvalue weighted by molar-refractivity contribution is -0.373. The molecule has 3 unspecified atom stereocenters. The number of rotatable bonds is 3. The fourth-order valence-corrected chi connectivity index (χ4v) is 3.36. The van der Waals surface area contributed by atoms with Gasteiger partial charge < -0.3 is 9.84 Å². The van der Waals surface area contributed by atoms with E-state index < -0.39 is 53.6 Å². The van der Waals surface area contributed by atoms with Crippen molar-refractivity contribution in [3.8, 4) is 0 Å². The lowest BCUT2D eigenvalue weighted by atomic mass is 9.82. The minimum absolute atomic E-state index is 0.0608. The van der Waals surface area contributed by atoms with Gasteiger partial charge in [0.05, 0.1) is 0 Å². The van der Waals surface area contributed by atoms with Gasteiger partial charge in [-0.2, -0.15) is 39.5 Å². The molecule has 0 aromatic rings. The van der Waals surface area contributed by atoms with Crippen LogP contribution in [0.5, 0.6) is 0 Å². The summed E-state index contributed by atoms with van der Waals surface area (Å²) in [5, 5.41) is 9.10. The number of esters is 1. The zero-order valence-electron chi connectivity index (χ0n) is 16.9. The van der Waals surface area contributed by atoms with Crippen molar-refractivity contribution < 1.29 is 54.2 Å². The van der Waals surface area contributed by atoms with Crippen molar-refractivity contribution in [1.82, 2.24) is 0 Å². The van der Waals surface area contributed by atoms with Crippen LogP contribution in [0.15, 0.2) is 24.3 Å². The number of ether oxygens (including phenoxy) is 1. The van der Waals surface area contributed by atoms with E-state index in [1.165, 1.54) is 20.8 Å². The Morgan fingerprint density at radius 3 is 1.74 bits per heavy atom. The van der Waals surface area contributed by atoms with Crippen LogP contribution in [-0.2, 0) is 9.53 Å². The first kappa shape index (κ1) is 27.3. The monoisotopic (exact) mass is 470 g/mol. The average Bonchev–Trinajstić information content (AvgIpc) is 3.12. The number of allylic oxidation sites excluding steroid dienone is 2. The average molecular weight is 470 g/mol. The third-order valence-electron chi connectivity index (χ3n) is 4.90. The highest BCUT2D eigenvalue weighted by Gasteiger charge is 2.71.